The molecule has 1 heterocycles. The Morgan fingerprint density at radius 3 is 2.69 bits per heavy atom. The van der Waals surface area contributed by atoms with Crippen LogP contribution < -0.4 is 0 Å². The van der Waals surface area contributed by atoms with Gasteiger partial charge in [0.25, 0.3) is 0 Å². The first-order valence-corrected chi connectivity index (χ1v) is 5.07. The summed E-state index contributed by atoms with van der Waals surface area (Å²) in [6, 6.07) is 11.4. The first-order valence-electron chi connectivity index (χ1n) is 5.07. The summed E-state index contributed by atoms with van der Waals surface area (Å²) in [7, 11) is 1.39. The number of rotatable bonds is 3. The molecule has 1 aromatic heterocycles. The number of carbonyl (C=O) groups is 1. The molecular formula is C13H13NO2. The van der Waals surface area contributed by atoms with Gasteiger partial charge in [-0.15, -0.1) is 0 Å². The van der Waals surface area contributed by atoms with Gasteiger partial charge in [0.2, 0.25) is 0 Å². The van der Waals surface area contributed by atoms with Crippen LogP contribution in [0.4, 0.5) is 0 Å². The molecule has 2 aromatic rings. The zero-order valence-electron chi connectivity index (χ0n) is 9.09. The van der Waals surface area contributed by atoms with E-state index in [1.165, 1.54) is 7.11 Å². The standard InChI is InChI=1S/C13H13NO2/c1-16-13(15)12-6-4-5-11(9-12)10-14-7-2-3-8-14/h2-9H,10H2,1H3. The molecule has 0 aliphatic rings. The van der Waals surface area contributed by atoms with Gasteiger partial charge in [0.1, 0.15) is 0 Å². The van der Waals surface area contributed by atoms with E-state index in [1.807, 2.05) is 42.7 Å². The third kappa shape index (κ3) is 2.31. The van der Waals surface area contributed by atoms with E-state index in [2.05, 4.69) is 9.30 Å². The first-order chi connectivity index (χ1) is 7.79. The summed E-state index contributed by atoms with van der Waals surface area (Å²) in [6.07, 6.45) is 3.98. The maximum Gasteiger partial charge on any atom is 0.337 e. The van der Waals surface area contributed by atoms with Gasteiger partial charge in [-0.05, 0) is 29.8 Å². The van der Waals surface area contributed by atoms with E-state index in [0.717, 1.165) is 12.1 Å². The lowest BCUT2D eigenvalue weighted by atomic mass is 10.1. The molecule has 0 amide bonds. The van der Waals surface area contributed by atoms with E-state index in [0.29, 0.717) is 5.56 Å². The van der Waals surface area contributed by atoms with Crippen LogP contribution in [0.15, 0.2) is 48.8 Å². The molecule has 0 saturated heterocycles. The molecule has 2 rings (SSSR count). The fraction of sp³-hybridized carbons (Fsp3) is 0.154. The molecule has 0 saturated carbocycles. The molecule has 0 aliphatic heterocycles. The van der Waals surface area contributed by atoms with E-state index in [1.54, 1.807) is 6.07 Å². The molecule has 1 aromatic carbocycles. The van der Waals surface area contributed by atoms with E-state index in [-0.39, 0.29) is 5.97 Å². The second-order valence-corrected chi connectivity index (χ2v) is 3.55. The van der Waals surface area contributed by atoms with Crippen LogP contribution in [0.1, 0.15) is 15.9 Å². The largest absolute Gasteiger partial charge is 0.465 e. The lowest BCUT2D eigenvalue weighted by Gasteiger charge is -2.05. The van der Waals surface area contributed by atoms with E-state index >= 15 is 0 Å². The fourth-order valence-electron chi connectivity index (χ4n) is 1.60. The summed E-state index contributed by atoms with van der Waals surface area (Å²) in [5.74, 6) is -0.297. The highest BCUT2D eigenvalue weighted by Crippen LogP contribution is 2.08. The highest BCUT2D eigenvalue weighted by molar-refractivity contribution is 5.89. The fourth-order valence-corrected chi connectivity index (χ4v) is 1.60. The van der Waals surface area contributed by atoms with Crippen LogP contribution in [0, 0.1) is 0 Å². The lowest BCUT2D eigenvalue weighted by Crippen LogP contribution is -2.03. The number of ether oxygens (including phenoxy) is 1. The number of hydrogen-bond acceptors (Lipinski definition) is 2. The van der Waals surface area contributed by atoms with Crippen LogP contribution in [0.25, 0.3) is 0 Å². The molecule has 3 heteroatoms. The zero-order chi connectivity index (χ0) is 11.4. The molecule has 0 spiro atoms. The number of hydrogen-bond donors (Lipinski definition) is 0. The van der Waals surface area contributed by atoms with Crippen molar-refractivity contribution < 1.29 is 9.53 Å². The van der Waals surface area contributed by atoms with Crippen LogP contribution in [0.3, 0.4) is 0 Å². The molecule has 0 N–H and O–H groups in total. The third-order valence-corrected chi connectivity index (χ3v) is 2.38. The molecular weight excluding hydrogens is 202 g/mol. The number of esters is 1. The smallest absolute Gasteiger partial charge is 0.337 e. The maximum absolute atomic E-state index is 11.3. The summed E-state index contributed by atoms with van der Waals surface area (Å²) in [6.45, 7) is 0.762. The second kappa shape index (κ2) is 4.66. The molecule has 0 radical (unpaired) electrons. The van der Waals surface area contributed by atoms with Crippen LogP contribution in [0.5, 0.6) is 0 Å². The van der Waals surface area contributed by atoms with Crippen LogP contribution in [-0.4, -0.2) is 17.6 Å². The highest BCUT2D eigenvalue weighted by atomic mass is 16.5. The van der Waals surface area contributed by atoms with Crippen LogP contribution >= 0.6 is 0 Å². The van der Waals surface area contributed by atoms with Gasteiger partial charge in [-0.2, -0.15) is 0 Å². The van der Waals surface area contributed by atoms with Gasteiger partial charge in [0, 0.05) is 18.9 Å². The topological polar surface area (TPSA) is 31.2 Å². The molecule has 82 valence electrons. The molecule has 0 fully saturated rings. The van der Waals surface area contributed by atoms with Gasteiger partial charge >= 0.3 is 5.97 Å². The van der Waals surface area contributed by atoms with Crippen molar-refractivity contribution in [2.45, 2.75) is 6.54 Å². The van der Waals surface area contributed by atoms with E-state index in [4.69, 9.17) is 0 Å². The number of carbonyl (C=O) groups excluding carboxylic acids is 1. The number of nitrogens with zero attached hydrogens (tertiary/aromatic N) is 1. The van der Waals surface area contributed by atoms with Gasteiger partial charge in [-0.25, -0.2) is 4.79 Å². The minimum atomic E-state index is -0.297. The van der Waals surface area contributed by atoms with Crippen molar-refractivity contribution in [1.29, 1.82) is 0 Å². The van der Waals surface area contributed by atoms with Gasteiger partial charge < -0.3 is 9.30 Å². The van der Waals surface area contributed by atoms with Crippen LogP contribution in [-0.2, 0) is 11.3 Å². The Bertz CT molecular complexity index is 474. The third-order valence-electron chi connectivity index (χ3n) is 2.38. The summed E-state index contributed by atoms with van der Waals surface area (Å²) < 4.78 is 6.73. The van der Waals surface area contributed by atoms with Gasteiger partial charge in [0.05, 0.1) is 12.7 Å². The summed E-state index contributed by atoms with van der Waals surface area (Å²) in [5.41, 5.74) is 1.67. The average molecular weight is 215 g/mol. The lowest BCUT2D eigenvalue weighted by molar-refractivity contribution is 0.0600. The molecule has 3 nitrogen and oxygen atoms in total. The monoisotopic (exact) mass is 215 g/mol. The van der Waals surface area contributed by atoms with Gasteiger partial charge in [-0.3, -0.25) is 0 Å². The predicted octanol–water partition coefficient (Wildman–Crippen LogP) is 2.32. The molecule has 0 atom stereocenters. The maximum atomic E-state index is 11.3. The van der Waals surface area contributed by atoms with Crippen molar-refractivity contribution in [3.63, 3.8) is 0 Å². The Hall–Kier alpha value is -2.03. The Morgan fingerprint density at radius 1 is 1.25 bits per heavy atom. The quantitative estimate of drug-likeness (QED) is 0.736. The Balaban J connectivity index is 2.19. The molecule has 16 heavy (non-hydrogen) atoms. The minimum Gasteiger partial charge on any atom is -0.465 e. The van der Waals surface area contributed by atoms with Crippen molar-refractivity contribution in [1.82, 2.24) is 4.57 Å². The number of aromatic nitrogens is 1. The summed E-state index contributed by atoms with van der Waals surface area (Å²) in [5, 5.41) is 0. The predicted molar refractivity (Wildman–Crippen MR) is 61.3 cm³/mol. The average Bonchev–Trinajstić information content (AvgIpc) is 2.81. The Kier molecular flexibility index (Phi) is 3.05. The number of benzene rings is 1. The SMILES string of the molecule is COC(=O)c1cccc(Cn2cccc2)c1. The van der Waals surface area contributed by atoms with Crippen molar-refractivity contribution >= 4 is 5.97 Å². The molecule has 0 bridgehead atoms. The van der Waals surface area contributed by atoms with Crippen LogP contribution in [0.2, 0.25) is 0 Å². The second-order valence-electron chi connectivity index (χ2n) is 3.55. The van der Waals surface area contributed by atoms with Crippen molar-refractivity contribution in [2.75, 3.05) is 7.11 Å². The highest BCUT2D eigenvalue weighted by Gasteiger charge is 2.05. The van der Waals surface area contributed by atoms with Crippen molar-refractivity contribution in [3.05, 3.63) is 59.9 Å². The van der Waals surface area contributed by atoms with Gasteiger partial charge in [0.15, 0.2) is 0 Å². The van der Waals surface area contributed by atoms with Gasteiger partial charge in [-0.1, -0.05) is 12.1 Å². The van der Waals surface area contributed by atoms with E-state index in [9.17, 15) is 4.79 Å². The van der Waals surface area contributed by atoms with E-state index < -0.39 is 0 Å². The van der Waals surface area contributed by atoms with Crippen molar-refractivity contribution in [2.24, 2.45) is 0 Å². The summed E-state index contributed by atoms with van der Waals surface area (Å²) >= 11 is 0. The Morgan fingerprint density at radius 2 is 2.00 bits per heavy atom. The first kappa shape index (κ1) is 10.5. The molecule has 0 unspecified atom stereocenters. The number of methoxy groups -OCH3 is 1. The minimum absolute atomic E-state index is 0.297. The summed E-state index contributed by atoms with van der Waals surface area (Å²) in [4.78, 5) is 11.3. The zero-order valence-corrected chi connectivity index (χ0v) is 9.09. The molecule has 0 aliphatic carbocycles. The van der Waals surface area contributed by atoms with Crippen molar-refractivity contribution in [3.8, 4) is 0 Å². The Labute approximate surface area is 94.3 Å². The normalized spacial score (nSPS) is 10.1.